The molecule has 2 N–H and O–H groups in total. The number of nitrogens with zero attached hydrogens (tertiary/aromatic N) is 2. The van der Waals surface area contributed by atoms with Crippen molar-refractivity contribution < 1.29 is 8.42 Å². The van der Waals surface area contributed by atoms with Crippen molar-refractivity contribution in [2.45, 2.75) is 37.6 Å². The molecule has 1 aromatic heterocycles. The van der Waals surface area contributed by atoms with Gasteiger partial charge in [-0.3, -0.25) is 4.68 Å². The number of sulfonamides is 1. The molecule has 0 fully saturated rings. The van der Waals surface area contributed by atoms with Gasteiger partial charge in [0.15, 0.2) is 0 Å². The molecule has 0 saturated heterocycles. The van der Waals surface area contributed by atoms with Gasteiger partial charge in [-0.1, -0.05) is 45.0 Å². The molecule has 2 rings (SSSR count). The number of primary sulfonamides is 1. The number of hydrogen-bond acceptors (Lipinski definition) is 3. The summed E-state index contributed by atoms with van der Waals surface area (Å²) >= 11 is 0. The fraction of sp³-hybridized carbons (Fsp3) is 0.357. The Hall–Kier alpha value is -1.66. The van der Waals surface area contributed by atoms with Crippen LogP contribution in [0.15, 0.2) is 41.6 Å². The van der Waals surface area contributed by atoms with Gasteiger partial charge >= 0.3 is 0 Å². The molecule has 0 aliphatic heterocycles. The average Bonchev–Trinajstić information content (AvgIpc) is 2.77. The number of benzene rings is 1. The molecule has 1 heterocycles. The van der Waals surface area contributed by atoms with Crippen LogP contribution in [0.2, 0.25) is 0 Å². The van der Waals surface area contributed by atoms with Crippen molar-refractivity contribution in [3.63, 3.8) is 0 Å². The number of rotatable bonds is 3. The Balaban J connectivity index is 2.17. The maximum Gasteiger partial charge on any atom is 0.241 e. The van der Waals surface area contributed by atoms with E-state index >= 15 is 0 Å². The van der Waals surface area contributed by atoms with E-state index in [1.54, 1.807) is 4.68 Å². The Kier molecular flexibility index (Phi) is 3.71. The first-order valence-corrected chi connectivity index (χ1v) is 7.85. The zero-order valence-corrected chi connectivity index (χ0v) is 12.7. The summed E-state index contributed by atoms with van der Waals surface area (Å²) in [4.78, 5) is 0.0313. The topological polar surface area (TPSA) is 78.0 Å². The third-order valence-electron chi connectivity index (χ3n) is 3.10. The molecule has 0 spiro atoms. The molecule has 0 atom stereocenters. The summed E-state index contributed by atoms with van der Waals surface area (Å²) in [6, 6.07) is 8.22. The van der Waals surface area contributed by atoms with Crippen molar-refractivity contribution in [1.82, 2.24) is 9.78 Å². The van der Waals surface area contributed by atoms with E-state index in [0.29, 0.717) is 6.54 Å². The van der Waals surface area contributed by atoms with Crippen LogP contribution in [0.25, 0.3) is 0 Å². The lowest BCUT2D eigenvalue weighted by molar-refractivity contribution is 0.589. The largest absolute Gasteiger partial charge is 0.267 e. The summed E-state index contributed by atoms with van der Waals surface area (Å²) in [6.07, 6.45) is 2.70. The molecule has 1 aromatic carbocycles. The van der Waals surface area contributed by atoms with Gasteiger partial charge in [0.1, 0.15) is 4.90 Å². The summed E-state index contributed by atoms with van der Waals surface area (Å²) in [5, 5.41) is 9.06. The van der Waals surface area contributed by atoms with Crippen LogP contribution in [0.1, 0.15) is 31.9 Å². The van der Waals surface area contributed by atoms with Crippen LogP contribution >= 0.6 is 0 Å². The van der Waals surface area contributed by atoms with Crippen LogP contribution in [0, 0.1) is 0 Å². The lowest BCUT2D eigenvalue weighted by atomic mass is 9.87. The molecule has 6 heteroatoms. The predicted molar refractivity (Wildman–Crippen MR) is 77.8 cm³/mol. The standard InChI is InChI=1S/C14H19N3O2S/c1-14(2,3)12-6-4-11(5-7-12)9-17-10-13(8-16-17)20(15,18)19/h4-8,10H,9H2,1-3H3,(H2,15,18,19). The van der Waals surface area contributed by atoms with Gasteiger partial charge in [0.2, 0.25) is 10.0 Å². The summed E-state index contributed by atoms with van der Waals surface area (Å²) in [5.41, 5.74) is 2.43. The third-order valence-corrected chi connectivity index (χ3v) is 3.97. The Bertz CT molecular complexity index is 695. The van der Waals surface area contributed by atoms with E-state index in [0.717, 1.165) is 5.56 Å². The van der Waals surface area contributed by atoms with Crippen molar-refractivity contribution >= 4 is 10.0 Å². The maximum atomic E-state index is 11.2. The van der Waals surface area contributed by atoms with E-state index < -0.39 is 10.0 Å². The molecular weight excluding hydrogens is 274 g/mol. The molecule has 0 amide bonds. The highest BCUT2D eigenvalue weighted by molar-refractivity contribution is 7.89. The average molecular weight is 293 g/mol. The Morgan fingerprint density at radius 2 is 1.80 bits per heavy atom. The highest BCUT2D eigenvalue weighted by Gasteiger charge is 2.13. The quantitative estimate of drug-likeness (QED) is 0.938. The van der Waals surface area contributed by atoms with Gasteiger partial charge in [-0.2, -0.15) is 5.10 Å². The highest BCUT2D eigenvalue weighted by atomic mass is 32.2. The van der Waals surface area contributed by atoms with Crippen LogP contribution in [0.3, 0.4) is 0 Å². The first-order chi connectivity index (χ1) is 9.16. The number of hydrogen-bond donors (Lipinski definition) is 1. The van der Waals surface area contributed by atoms with E-state index in [2.05, 4.69) is 38.0 Å². The smallest absolute Gasteiger partial charge is 0.241 e. The first kappa shape index (κ1) is 14.7. The molecule has 0 unspecified atom stereocenters. The molecule has 0 radical (unpaired) electrons. The van der Waals surface area contributed by atoms with Crippen LogP contribution in [-0.2, 0) is 22.0 Å². The van der Waals surface area contributed by atoms with Gasteiger partial charge in [-0.05, 0) is 16.5 Å². The lowest BCUT2D eigenvalue weighted by Gasteiger charge is -2.19. The summed E-state index contributed by atoms with van der Waals surface area (Å²) < 4.78 is 23.9. The summed E-state index contributed by atoms with van der Waals surface area (Å²) in [7, 11) is -3.68. The zero-order chi connectivity index (χ0) is 15.0. The summed E-state index contributed by atoms with van der Waals surface area (Å²) in [5.74, 6) is 0. The molecule has 108 valence electrons. The van der Waals surface area contributed by atoms with Gasteiger partial charge in [-0.25, -0.2) is 13.6 Å². The van der Waals surface area contributed by atoms with E-state index in [4.69, 9.17) is 5.14 Å². The van der Waals surface area contributed by atoms with Crippen molar-refractivity contribution in [3.05, 3.63) is 47.8 Å². The summed E-state index contributed by atoms with van der Waals surface area (Å²) in [6.45, 7) is 7.00. The Morgan fingerprint density at radius 1 is 1.20 bits per heavy atom. The molecule has 0 saturated carbocycles. The van der Waals surface area contributed by atoms with Crippen molar-refractivity contribution in [2.75, 3.05) is 0 Å². The van der Waals surface area contributed by atoms with Gasteiger partial charge in [-0.15, -0.1) is 0 Å². The van der Waals surface area contributed by atoms with Crippen LogP contribution in [0.5, 0.6) is 0 Å². The van der Waals surface area contributed by atoms with Crippen LogP contribution < -0.4 is 5.14 Å². The van der Waals surface area contributed by atoms with E-state index in [9.17, 15) is 8.42 Å². The minimum absolute atomic E-state index is 0.0313. The van der Waals surface area contributed by atoms with Crippen molar-refractivity contribution in [1.29, 1.82) is 0 Å². The second-order valence-corrected chi connectivity index (χ2v) is 7.43. The highest BCUT2D eigenvalue weighted by Crippen LogP contribution is 2.22. The van der Waals surface area contributed by atoms with Gasteiger partial charge in [0.05, 0.1) is 12.7 Å². The van der Waals surface area contributed by atoms with Crippen LogP contribution in [-0.4, -0.2) is 18.2 Å². The van der Waals surface area contributed by atoms with Gasteiger partial charge < -0.3 is 0 Å². The molecule has 0 bridgehead atoms. The lowest BCUT2D eigenvalue weighted by Crippen LogP contribution is -2.11. The Labute approximate surface area is 119 Å². The molecule has 0 aliphatic carbocycles. The zero-order valence-electron chi connectivity index (χ0n) is 11.9. The minimum atomic E-state index is -3.68. The maximum absolute atomic E-state index is 11.2. The molecule has 5 nitrogen and oxygen atoms in total. The molecule has 0 aliphatic rings. The van der Waals surface area contributed by atoms with Gasteiger partial charge in [0, 0.05) is 6.20 Å². The number of aromatic nitrogens is 2. The van der Waals surface area contributed by atoms with E-state index in [1.165, 1.54) is 18.0 Å². The SMILES string of the molecule is CC(C)(C)c1ccc(Cn2cc(S(N)(=O)=O)cn2)cc1. The predicted octanol–water partition coefficient (Wildman–Crippen LogP) is 1.88. The van der Waals surface area contributed by atoms with E-state index in [-0.39, 0.29) is 10.3 Å². The third kappa shape index (κ3) is 3.46. The second-order valence-electron chi connectivity index (χ2n) is 5.87. The normalized spacial score (nSPS) is 12.6. The molecule has 2 aromatic rings. The van der Waals surface area contributed by atoms with Crippen molar-refractivity contribution in [3.8, 4) is 0 Å². The molecular formula is C14H19N3O2S. The fourth-order valence-corrected chi connectivity index (χ4v) is 2.34. The number of nitrogens with two attached hydrogens (primary N) is 1. The fourth-order valence-electron chi connectivity index (χ4n) is 1.88. The minimum Gasteiger partial charge on any atom is -0.267 e. The van der Waals surface area contributed by atoms with Crippen LogP contribution in [0.4, 0.5) is 0 Å². The Morgan fingerprint density at radius 3 is 2.25 bits per heavy atom. The molecule has 20 heavy (non-hydrogen) atoms. The second kappa shape index (κ2) is 5.03. The van der Waals surface area contributed by atoms with Crippen molar-refractivity contribution in [2.24, 2.45) is 5.14 Å². The van der Waals surface area contributed by atoms with Gasteiger partial charge in [0.25, 0.3) is 0 Å². The monoisotopic (exact) mass is 293 g/mol. The first-order valence-electron chi connectivity index (χ1n) is 6.31. The van der Waals surface area contributed by atoms with E-state index in [1.807, 2.05) is 12.1 Å².